The third-order valence-electron chi connectivity index (χ3n) is 7.19. The number of hydrogen-bond acceptors (Lipinski definition) is 2. The van der Waals surface area contributed by atoms with Gasteiger partial charge < -0.3 is 9.73 Å². The summed E-state index contributed by atoms with van der Waals surface area (Å²) in [6, 6.07) is 18.8. The molecule has 1 unspecified atom stereocenters. The van der Waals surface area contributed by atoms with E-state index in [0.29, 0.717) is 11.6 Å². The third-order valence-corrected chi connectivity index (χ3v) is 7.19. The molecule has 4 atom stereocenters. The van der Waals surface area contributed by atoms with Crippen molar-refractivity contribution in [3.63, 3.8) is 0 Å². The molecular weight excluding hydrogens is 358 g/mol. The zero-order valence-corrected chi connectivity index (χ0v) is 16.8. The number of hydrogen-bond donors (Lipinski definition) is 1. The Labute approximate surface area is 172 Å². The largest absolute Gasteiger partial charge is 0.464 e. The van der Waals surface area contributed by atoms with Crippen LogP contribution in [0.25, 0.3) is 11.0 Å². The van der Waals surface area contributed by atoms with Crippen LogP contribution in [0.3, 0.4) is 0 Å². The number of amides is 1. The summed E-state index contributed by atoms with van der Waals surface area (Å²) >= 11 is 0. The average molecular weight is 388 g/mol. The molecule has 2 saturated carbocycles. The lowest BCUT2D eigenvalue weighted by Gasteiger charge is -2.36. The Kier molecular flexibility index (Phi) is 5.13. The molecule has 2 aromatic carbocycles. The first-order valence-electron chi connectivity index (χ1n) is 11.1. The molecule has 2 fully saturated rings. The lowest BCUT2D eigenvalue weighted by Crippen LogP contribution is -2.41. The van der Waals surface area contributed by atoms with Crippen molar-refractivity contribution >= 4 is 16.9 Å². The predicted molar refractivity (Wildman–Crippen MR) is 116 cm³/mol. The SMILES string of the molecule is O=C(N[C@@H]1C[C@H]2CC[C@@H](C1)C2CCCc1ccccc1)c1ccc2ccoc2c1. The Morgan fingerprint density at radius 2 is 1.79 bits per heavy atom. The van der Waals surface area contributed by atoms with Crippen LogP contribution in [-0.2, 0) is 6.42 Å². The lowest BCUT2D eigenvalue weighted by molar-refractivity contribution is 0.0893. The summed E-state index contributed by atoms with van der Waals surface area (Å²) in [6.07, 6.45) is 10.4. The number of carbonyl (C=O) groups is 1. The Morgan fingerprint density at radius 3 is 2.59 bits per heavy atom. The second-order valence-corrected chi connectivity index (χ2v) is 8.95. The summed E-state index contributed by atoms with van der Waals surface area (Å²) in [7, 11) is 0. The Hall–Kier alpha value is -2.55. The van der Waals surface area contributed by atoms with Gasteiger partial charge in [-0.1, -0.05) is 36.4 Å². The van der Waals surface area contributed by atoms with E-state index in [2.05, 4.69) is 35.6 Å². The van der Waals surface area contributed by atoms with Gasteiger partial charge >= 0.3 is 0 Å². The summed E-state index contributed by atoms with van der Waals surface area (Å²) in [5.41, 5.74) is 2.93. The molecule has 1 aromatic heterocycles. The molecule has 0 radical (unpaired) electrons. The van der Waals surface area contributed by atoms with Gasteiger partial charge in [0.15, 0.2) is 0 Å². The number of furan rings is 1. The zero-order chi connectivity index (χ0) is 19.6. The van der Waals surface area contributed by atoms with E-state index in [-0.39, 0.29) is 5.91 Å². The predicted octanol–water partition coefficient (Wildman–Crippen LogP) is 5.99. The molecule has 0 saturated heterocycles. The van der Waals surface area contributed by atoms with Crippen LogP contribution in [0.5, 0.6) is 0 Å². The Balaban J connectivity index is 1.16. The standard InChI is InChI=1S/C26H29NO2/c28-26(22-12-9-19-13-14-29-25(19)17-22)27-23-15-20-10-11-21(16-23)24(20)8-4-7-18-5-2-1-3-6-18/h1-3,5-6,9,12-14,17,20-21,23-24H,4,7-8,10-11,15-16H2,(H,27,28)/t20-,21+,23-,24?. The van der Waals surface area contributed by atoms with Gasteiger partial charge in [-0.15, -0.1) is 0 Å². The molecule has 2 bridgehead atoms. The monoisotopic (exact) mass is 387 g/mol. The van der Waals surface area contributed by atoms with Gasteiger partial charge in [0.2, 0.25) is 0 Å². The van der Waals surface area contributed by atoms with E-state index in [1.54, 1.807) is 6.26 Å². The average Bonchev–Trinajstić information content (AvgIpc) is 3.30. The Bertz CT molecular complexity index is 963. The van der Waals surface area contributed by atoms with Crippen LogP contribution < -0.4 is 5.32 Å². The fraction of sp³-hybridized carbons (Fsp3) is 0.423. The van der Waals surface area contributed by atoms with Gasteiger partial charge in [0.1, 0.15) is 5.58 Å². The number of fused-ring (bicyclic) bond motifs is 3. The van der Waals surface area contributed by atoms with Crippen LogP contribution in [0.15, 0.2) is 65.3 Å². The smallest absolute Gasteiger partial charge is 0.251 e. The second-order valence-electron chi connectivity index (χ2n) is 8.95. The topological polar surface area (TPSA) is 42.2 Å². The minimum absolute atomic E-state index is 0.0372. The van der Waals surface area contributed by atoms with E-state index < -0.39 is 0 Å². The first-order valence-corrected chi connectivity index (χ1v) is 11.1. The van der Waals surface area contributed by atoms with Gasteiger partial charge in [0, 0.05) is 17.0 Å². The molecule has 0 spiro atoms. The van der Waals surface area contributed by atoms with Gasteiger partial charge in [-0.3, -0.25) is 4.79 Å². The quantitative estimate of drug-likeness (QED) is 0.564. The molecule has 150 valence electrons. The fourth-order valence-corrected chi connectivity index (χ4v) is 5.79. The Morgan fingerprint density at radius 1 is 1.00 bits per heavy atom. The van der Waals surface area contributed by atoms with Gasteiger partial charge in [-0.25, -0.2) is 0 Å². The molecule has 1 heterocycles. The molecular formula is C26H29NO2. The van der Waals surface area contributed by atoms with Crippen molar-refractivity contribution in [3.05, 3.63) is 72.0 Å². The molecule has 2 aliphatic rings. The van der Waals surface area contributed by atoms with Gasteiger partial charge in [-0.05, 0) is 86.5 Å². The van der Waals surface area contributed by atoms with Crippen LogP contribution in [0.2, 0.25) is 0 Å². The summed E-state index contributed by atoms with van der Waals surface area (Å²) in [5.74, 6) is 2.45. The summed E-state index contributed by atoms with van der Waals surface area (Å²) in [5, 5.41) is 4.35. The van der Waals surface area contributed by atoms with Gasteiger partial charge in [0.25, 0.3) is 5.91 Å². The van der Waals surface area contributed by atoms with E-state index in [1.165, 1.54) is 37.7 Å². The van der Waals surface area contributed by atoms with Crippen LogP contribution >= 0.6 is 0 Å². The van der Waals surface area contributed by atoms with Crippen molar-refractivity contribution in [3.8, 4) is 0 Å². The highest BCUT2D eigenvalue weighted by Crippen LogP contribution is 2.49. The highest BCUT2D eigenvalue weighted by Gasteiger charge is 2.42. The summed E-state index contributed by atoms with van der Waals surface area (Å²) in [4.78, 5) is 12.8. The third kappa shape index (κ3) is 3.96. The molecule has 1 N–H and O–H groups in total. The number of benzene rings is 2. The molecule has 3 aromatic rings. The van der Waals surface area contributed by atoms with E-state index in [4.69, 9.17) is 4.42 Å². The van der Waals surface area contributed by atoms with Crippen LogP contribution in [0, 0.1) is 17.8 Å². The molecule has 3 heteroatoms. The zero-order valence-electron chi connectivity index (χ0n) is 16.8. The van der Waals surface area contributed by atoms with Gasteiger partial charge in [0.05, 0.1) is 6.26 Å². The minimum Gasteiger partial charge on any atom is -0.464 e. The maximum atomic E-state index is 12.8. The van der Waals surface area contributed by atoms with Crippen molar-refractivity contribution in [2.75, 3.05) is 0 Å². The van der Waals surface area contributed by atoms with Crippen LogP contribution in [-0.4, -0.2) is 11.9 Å². The second kappa shape index (κ2) is 8.06. The number of aryl methyl sites for hydroxylation is 1. The van der Waals surface area contributed by atoms with E-state index in [9.17, 15) is 4.79 Å². The first kappa shape index (κ1) is 18.5. The van der Waals surface area contributed by atoms with Crippen molar-refractivity contribution in [1.82, 2.24) is 5.32 Å². The van der Waals surface area contributed by atoms with Crippen molar-refractivity contribution in [2.45, 2.75) is 51.0 Å². The first-order chi connectivity index (χ1) is 14.3. The molecule has 5 rings (SSSR count). The highest BCUT2D eigenvalue weighted by molar-refractivity contribution is 5.97. The minimum atomic E-state index is 0.0372. The number of nitrogens with one attached hydrogen (secondary N) is 1. The molecule has 0 aliphatic heterocycles. The number of carbonyl (C=O) groups excluding carboxylic acids is 1. The number of rotatable bonds is 6. The van der Waals surface area contributed by atoms with Crippen LogP contribution in [0.1, 0.15) is 54.4 Å². The lowest BCUT2D eigenvalue weighted by atomic mass is 9.74. The maximum absolute atomic E-state index is 12.8. The molecule has 29 heavy (non-hydrogen) atoms. The maximum Gasteiger partial charge on any atom is 0.251 e. The van der Waals surface area contributed by atoms with E-state index in [0.717, 1.165) is 41.6 Å². The molecule has 3 nitrogen and oxygen atoms in total. The normalized spacial score (nSPS) is 25.9. The van der Waals surface area contributed by atoms with Crippen molar-refractivity contribution in [2.24, 2.45) is 17.8 Å². The van der Waals surface area contributed by atoms with Gasteiger partial charge in [-0.2, -0.15) is 0 Å². The van der Waals surface area contributed by atoms with Crippen LogP contribution in [0.4, 0.5) is 0 Å². The van der Waals surface area contributed by atoms with E-state index >= 15 is 0 Å². The van der Waals surface area contributed by atoms with Crippen molar-refractivity contribution < 1.29 is 9.21 Å². The molecule has 1 amide bonds. The fourth-order valence-electron chi connectivity index (χ4n) is 5.79. The highest BCUT2D eigenvalue weighted by atomic mass is 16.3. The van der Waals surface area contributed by atoms with E-state index in [1.807, 2.05) is 24.3 Å². The summed E-state index contributed by atoms with van der Waals surface area (Å²) < 4.78 is 5.45. The summed E-state index contributed by atoms with van der Waals surface area (Å²) in [6.45, 7) is 0. The molecule has 2 aliphatic carbocycles. The van der Waals surface area contributed by atoms with Crippen molar-refractivity contribution in [1.29, 1.82) is 0 Å².